The summed E-state index contributed by atoms with van der Waals surface area (Å²) in [5.74, 6) is 0. The summed E-state index contributed by atoms with van der Waals surface area (Å²) in [6, 6.07) is 21.9. The van der Waals surface area contributed by atoms with Crippen molar-refractivity contribution >= 4 is 6.09 Å². The third kappa shape index (κ3) is 2.74. The van der Waals surface area contributed by atoms with Gasteiger partial charge in [-0.05, 0) is 28.8 Å². The lowest BCUT2D eigenvalue weighted by atomic mass is 9.94. The summed E-state index contributed by atoms with van der Waals surface area (Å²) in [4.78, 5) is 15.9. The van der Waals surface area contributed by atoms with Crippen LogP contribution < -0.4 is 5.32 Å². The van der Waals surface area contributed by atoms with Crippen LogP contribution in [0.4, 0.5) is 4.79 Å². The first kappa shape index (κ1) is 14.5. The van der Waals surface area contributed by atoms with Crippen LogP contribution >= 0.6 is 0 Å². The molecule has 2 aromatic carbocycles. The van der Waals surface area contributed by atoms with E-state index in [1.54, 1.807) is 12.4 Å². The highest BCUT2D eigenvalue weighted by Crippen LogP contribution is 2.37. The van der Waals surface area contributed by atoms with E-state index in [0.29, 0.717) is 0 Å². The zero-order valence-electron chi connectivity index (χ0n) is 12.9. The van der Waals surface area contributed by atoms with Crippen molar-refractivity contribution in [3.63, 3.8) is 0 Å². The lowest BCUT2D eigenvalue weighted by molar-refractivity contribution is 0.132. The SMILES string of the molecule is O=C1N[C@H](c2cccc(-c3ccccc3)c2)[C@@H](c2cccnc2)O1. The van der Waals surface area contributed by atoms with Crippen LogP contribution in [0.25, 0.3) is 11.1 Å². The average molecular weight is 316 g/mol. The van der Waals surface area contributed by atoms with Gasteiger partial charge in [-0.2, -0.15) is 0 Å². The molecule has 2 atom stereocenters. The summed E-state index contributed by atoms with van der Waals surface area (Å²) in [5.41, 5.74) is 4.14. The molecule has 24 heavy (non-hydrogen) atoms. The highest BCUT2D eigenvalue weighted by atomic mass is 16.6. The quantitative estimate of drug-likeness (QED) is 0.785. The second-order valence-corrected chi connectivity index (χ2v) is 5.73. The molecule has 4 nitrogen and oxygen atoms in total. The molecule has 0 saturated carbocycles. The minimum atomic E-state index is -0.404. The molecule has 1 N–H and O–H groups in total. The molecule has 1 fully saturated rings. The summed E-state index contributed by atoms with van der Waals surface area (Å²) < 4.78 is 5.47. The van der Waals surface area contributed by atoms with Gasteiger partial charge in [0.15, 0.2) is 6.10 Å². The van der Waals surface area contributed by atoms with Crippen LogP contribution in [0, 0.1) is 0 Å². The van der Waals surface area contributed by atoms with Crippen LogP contribution in [0.5, 0.6) is 0 Å². The molecule has 1 aliphatic heterocycles. The van der Waals surface area contributed by atoms with Crippen molar-refractivity contribution in [3.8, 4) is 11.1 Å². The normalized spacial score (nSPS) is 19.6. The van der Waals surface area contributed by atoms with Gasteiger partial charge in [-0.3, -0.25) is 4.98 Å². The zero-order chi connectivity index (χ0) is 16.4. The third-order valence-electron chi connectivity index (χ3n) is 4.18. The second kappa shape index (κ2) is 6.16. The Morgan fingerprint density at radius 3 is 2.46 bits per heavy atom. The third-order valence-corrected chi connectivity index (χ3v) is 4.18. The molecular formula is C20H16N2O2. The number of pyridine rings is 1. The predicted octanol–water partition coefficient (Wildman–Crippen LogP) is 4.27. The number of hydrogen-bond donors (Lipinski definition) is 1. The molecule has 118 valence electrons. The molecule has 0 spiro atoms. The Hall–Kier alpha value is -3.14. The van der Waals surface area contributed by atoms with Gasteiger partial charge in [-0.15, -0.1) is 0 Å². The number of cyclic esters (lactones) is 1. The standard InChI is InChI=1S/C20H16N2O2/c23-20-22-18(19(24-20)17-10-5-11-21-13-17)16-9-4-8-15(12-16)14-6-2-1-3-7-14/h1-13,18-19H,(H,22,23)/t18-,19-/m1/s1. The summed E-state index contributed by atoms with van der Waals surface area (Å²) in [7, 11) is 0. The lowest BCUT2D eigenvalue weighted by Gasteiger charge is -2.18. The van der Waals surface area contributed by atoms with Crippen LogP contribution in [0.15, 0.2) is 79.1 Å². The molecule has 0 aliphatic carbocycles. The number of rotatable bonds is 3. The van der Waals surface area contributed by atoms with E-state index in [-0.39, 0.29) is 12.1 Å². The van der Waals surface area contributed by atoms with E-state index in [2.05, 4.69) is 34.6 Å². The Morgan fingerprint density at radius 2 is 1.67 bits per heavy atom. The maximum Gasteiger partial charge on any atom is 0.408 e. The van der Waals surface area contributed by atoms with Gasteiger partial charge in [0.2, 0.25) is 0 Å². The highest BCUT2D eigenvalue weighted by molar-refractivity contribution is 5.72. The van der Waals surface area contributed by atoms with E-state index in [1.807, 2.05) is 42.5 Å². The van der Waals surface area contributed by atoms with Crippen molar-refractivity contribution in [2.45, 2.75) is 12.1 Å². The van der Waals surface area contributed by atoms with Gasteiger partial charge in [0.1, 0.15) is 0 Å². The average Bonchev–Trinajstić information content (AvgIpc) is 3.05. The van der Waals surface area contributed by atoms with Gasteiger partial charge < -0.3 is 10.1 Å². The maximum atomic E-state index is 11.8. The largest absolute Gasteiger partial charge is 0.439 e. The van der Waals surface area contributed by atoms with Crippen molar-refractivity contribution in [1.82, 2.24) is 10.3 Å². The zero-order valence-corrected chi connectivity index (χ0v) is 12.9. The van der Waals surface area contributed by atoms with Crippen molar-refractivity contribution in [3.05, 3.63) is 90.3 Å². The number of carbonyl (C=O) groups is 1. The maximum absolute atomic E-state index is 11.8. The fourth-order valence-electron chi connectivity index (χ4n) is 3.03. The molecule has 3 aromatic rings. The first-order chi connectivity index (χ1) is 11.8. The van der Waals surface area contributed by atoms with E-state index in [1.165, 1.54) is 0 Å². The van der Waals surface area contributed by atoms with Crippen molar-refractivity contribution < 1.29 is 9.53 Å². The molecule has 1 amide bonds. The number of aromatic nitrogens is 1. The van der Waals surface area contributed by atoms with Gasteiger partial charge in [-0.25, -0.2) is 4.79 Å². The molecule has 0 unspecified atom stereocenters. The number of benzene rings is 2. The fraction of sp³-hybridized carbons (Fsp3) is 0.100. The van der Waals surface area contributed by atoms with Crippen LogP contribution in [-0.4, -0.2) is 11.1 Å². The van der Waals surface area contributed by atoms with Crippen LogP contribution in [-0.2, 0) is 4.74 Å². The molecule has 4 heteroatoms. The van der Waals surface area contributed by atoms with Crippen molar-refractivity contribution in [1.29, 1.82) is 0 Å². The Balaban J connectivity index is 1.71. The summed E-state index contributed by atoms with van der Waals surface area (Å²) in [6.45, 7) is 0. The van der Waals surface area contributed by atoms with E-state index >= 15 is 0 Å². The lowest BCUT2D eigenvalue weighted by Crippen LogP contribution is -2.19. The Bertz CT molecular complexity index is 850. The number of hydrogen-bond acceptors (Lipinski definition) is 3. The summed E-state index contributed by atoms with van der Waals surface area (Å²) in [5, 5.41) is 2.91. The Labute approximate surface area is 140 Å². The highest BCUT2D eigenvalue weighted by Gasteiger charge is 2.36. The first-order valence-electron chi connectivity index (χ1n) is 7.84. The summed E-state index contributed by atoms with van der Waals surface area (Å²) in [6.07, 6.45) is 2.66. The number of nitrogens with zero attached hydrogens (tertiary/aromatic N) is 1. The van der Waals surface area contributed by atoms with E-state index in [0.717, 1.165) is 22.3 Å². The Kier molecular flexibility index (Phi) is 3.71. The number of alkyl carbamates (subject to hydrolysis) is 1. The van der Waals surface area contributed by atoms with Crippen molar-refractivity contribution in [2.24, 2.45) is 0 Å². The minimum Gasteiger partial charge on any atom is -0.439 e. The van der Waals surface area contributed by atoms with Gasteiger partial charge in [0.25, 0.3) is 0 Å². The molecule has 0 radical (unpaired) electrons. The number of amides is 1. The van der Waals surface area contributed by atoms with Crippen LogP contribution in [0.1, 0.15) is 23.3 Å². The monoisotopic (exact) mass is 316 g/mol. The second-order valence-electron chi connectivity index (χ2n) is 5.73. The van der Waals surface area contributed by atoms with E-state index in [9.17, 15) is 4.79 Å². The molecule has 1 aromatic heterocycles. The van der Waals surface area contributed by atoms with Crippen molar-refractivity contribution in [2.75, 3.05) is 0 Å². The number of carbonyl (C=O) groups excluding carboxylic acids is 1. The number of ether oxygens (including phenoxy) is 1. The van der Waals surface area contributed by atoms with Crippen LogP contribution in [0.3, 0.4) is 0 Å². The predicted molar refractivity (Wildman–Crippen MR) is 91.2 cm³/mol. The molecular weight excluding hydrogens is 300 g/mol. The van der Waals surface area contributed by atoms with E-state index in [4.69, 9.17) is 4.74 Å². The molecule has 1 aliphatic rings. The molecule has 1 saturated heterocycles. The first-order valence-corrected chi connectivity index (χ1v) is 7.84. The van der Waals surface area contributed by atoms with Gasteiger partial charge >= 0.3 is 6.09 Å². The van der Waals surface area contributed by atoms with Gasteiger partial charge in [0, 0.05) is 18.0 Å². The molecule has 2 heterocycles. The van der Waals surface area contributed by atoms with Gasteiger partial charge in [-0.1, -0.05) is 54.6 Å². The molecule has 4 rings (SSSR count). The fourth-order valence-corrected chi connectivity index (χ4v) is 3.03. The van der Waals surface area contributed by atoms with Crippen LogP contribution in [0.2, 0.25) is 0 Å². The summed E-state index contributed by atoms with van der Waals surface area (Å²) >= 11 is 0. The minimum absolute atomic E-state index is 0.231. The topological polar surface area (TPSA) is 51.2 Å². The molecule has 0 bridgehead atoms. The Morgan fingerprint density at radius 1 is 0.875 bits per heavy atom. The van der Waals surface area contributed by atoms with Gasteiger partial charge in [0.05, 0.1) is 6.04 Å². The van der Waals surface area contributed by atoms with E-state index < -0.39 is 6.09 Å². The smallest absolute Gasteiger partial charge is 0.408 e. The number of nitrogens with one attached hydrogen (secondary N) is 1.